The Labute approximate surface area is 149 Å². The number of carbonyl (C=O) groups is 1. The number of benzene rings is 1. The van der Waals surface area contributed by atoms with Crippen LogP contribution in [0.3, 0.4) is 0 Å². The van der Waals surface area contributed by atoms with E-state index in [2.05, 4.69) is 15.4 Å². The maximum Gasteiger partial charge on any atom is 0.241 e. The molecule has 1 amide bonds. The Hall–Kier alpha value is -1.64. The van der Waals surface area contributed by atoms with Gasteiger partial charge in [0.1, 0.15) is 11.8 Å². The summed E-state index contributed by atoms with van der Waals surface area (Å²) in [5, 5.41) is 6.17. The van der Waals surface area contributed by atoms with E-state index in [-0.39, 0.29) is 22.8 Å². The van der Waals surface area contributed by atoms with E-state index in [0.717, 1.165) is 19.4 Å². The number of hydrogen-bond donors (Lipinski definition) is 3. The molecule has 2 rings (SSSR count). The molecule has 0 bridgehead atoms. The third-order valence-corrected chi connectivity index (χ3v) is 5.70. The molecule has 2 atom stereocenters. The highest BCUT2D eigenvalue weighted by molar-refractivity contribution is 7.89. The van der Waals surface area contributed by atoms with Crippen LogP contribution < -0.4 is 20.1 Å². The van der Waals surface area contributed by atoms with Gasteiger partial charge >= 0.3 is 0 Å². The minimum atomic E-state index is -3.80. The third kappa shape index (κ3) is 5.42. The molecule has 1 aliphatic heterocycles. The summed E-state index contributed by atoms with van der Waals surface area (Å²) in [5.41, 5.74) is 0. The normalized spacial score (nSPS) is 19.4. The Bertz CT molecular complexity index is 668. The molecule has 1 aliphatic rings. The van der Waals surface area contributed by atoms with E-state index in [9.17, 15) is 13.2 Å². The molecule has 0 spiro atoms. The molecule has 3 N–H and O–H groups in total. The molecule has 1 aromatic carbocycles. The molecule has 0 aliphatic carbocycles. The fraction of sp³-hybridized carbons (Fsp3) is 0.588. The molecule has 1 heterocycles. The van der Waals surface area contributed by atoms with Crippen molar-refractivity contribution in [3.8, 4) is 5.75 Å². The van der Waals surface area contributed by atoms with Gasteiger partial charge in [-0.3, -0.25) is 4.79 Å². The van der Waals surface area contributed by atoms with Crippen molar-refractivity contribution in [2.75, 3.05) is 20.2 Å². The Morgan fingerprint density at radius 2 is 1.96 bits per heavy atom. The van der Waals surface area contributed by atoms with Crippen molar-refractivity contribution in [1.29, 1.82) is 0 Å². The molecule has 25 heavy (non-hydrogen) atoms. The van der Waals surface area contributed by atoms with Gasteiger partial charge in [-0.2, -0.15) is 4.72 Å². The average molecular weight is 369 g/mol. The van der Waals surface area contributed by atoms with Gasteiger partial charge in [0.2, 0.25) is 15.9 Å². The molecule has 8 heteroatoms. The summed E-state index contributed by atoms with van der Waals surface area (Å²) in [6, 6.07) is 5.28. The second-order valence-corrected chi connectivity index (χ2v) is 8.28. The number of carbonyl (C=O) groups excluding carboxylic acids is 1. The number of piperidine rings is 1. The van der Waals surface area contributed by atoms with Crippen molar-refractivity contribution in [2.24, 2.45) is 5.92 Å². The zero-order valence-corrected chi connectivity index (χ0v) is 15.7. The van der Waals surface area contributed by atoms with Gasteiger partial charge in [-0.1, -0.05) is 13.8 Å². The van der Waals surface area contributed by atoms with Gasteiger partial charge in [-0.05, 0) is 49.6 Å². The van der Waals surface area contributed by atoms with Crippen molar-refractivity contribution in [2.45, 2.75) is 43.7 Å². The van der Waals surface area contributed by atoms with Crippen LogP contribution in [-0.2, 0) is 14.8 Å². The van der Waals surface area contributed by atoms with Gasteiger partial charge in [-0.25, -0.2) is 8.42 Å². The minimum Gasteiger partial charge on any atom is -0.497 e. The van der Waals surface area contributed by atoms with E-state index in [1.807, 2.05) is 13.8 Å². The Morgan fingerprint density at radius 3 is 2.48 bits per heavy atom. The average Bonchev–Trinajstić information content (AvgIpc) is 2.60. The fourth-order valence-corrected chi connectivity index (χ4v) is 4.09. The lowest BCUT2D eigenvalue weighted by Gasteiger charge is -2.28. The van der Waals surface area contributed by atoms with Crippen molar-refractivity contribution in [3.05, 3.63) is 24.3 Å². The van der Waals surface area contributed by atoms with Crippen molar-refractivity contribution < 1.29 is 17.9 Å². The lowest BCUT2D eigenvalue weighted by atomic mass is 10.0. The van der Waals surface area contributed by atoms with Crippen LogP contribution in [0.2, 0.25) is 0 Å². The zero-order chi connectivity index (χ0) is 18.4. The monoisotopic (exact) mass is 369 g/mol. The third-order valence-electron chi connectivity index (χ3n) is 4.24. The predicted octanol–water partition coefficient (Wildman–Crippen LogP) is 0.866. The standard InChI is InChI=1S/C17H27N3O4S/c1-12(2)16(17(21)19-13-5-4-10-18-11-13)20-25(22,23)15-8-6-14(24-3)7-9-15/h6-9,12-13,16,18,20H,4-5,10-11H2,1-3H3,(H,19,21). The largest absolute Gasteiger partial charge is 0.497 e. The molecule has 2 unspecified atom stereocenters. The van der Waals surface area contributed by atoms with E-state index in [1.165, 1.54) is 19.2 Å². The fourth-order valence-electron chi connectivity index (χ4n) is 2.75. The van der Waals surface area contributed by atoms with Crippen molar-refractivity contribution in [3.63, 3.8) is 0 Å². The summed E-state index contributed by atoms with van der Waals surface area (Å²) < 4.78 is 32.8. The van der Waals surface area contributed by atoms with Crippen LogP contribution in [0.25, 0.3) is 0 Å². The van der Waals surface area contributed by atoms with E-state index in [0.29, 0.717) is 12.3 Å². The second kappa shape index (κ2) is 8.64. The Balaban J connectivity index is 2.09. The first-order valence-corrected chi connectivity index (χ1v) is 9.99. The number of rotatable bonds is 7. The Kier molecular flexibility index (Phi) is 6.80. The van der Waals surface area contributed by atoms with Crippen LogP contribution >= 0.6 is 0 Å². The summed E-state index contributed by atoms with van der Waals surface area (Å²) in [4.78, 5) is 12.7. The molecule has 1 fully saturated rings. The van der Waals surface area contributed by atoms with E-state index in [4.69, 9.17) is 4.74 Å². The minimum absolute atomic E-state index is 0.0352. The van der Waals surface area contributed by atoms with Gasteiger partial charge < -0.3 is 15.4 Å². The van der Waals surface area contributed by atoms with E-state index in [1.54, 1.807) is 12.1 Å². The van der Waals surface area contributed by atoms with Crippen LogP contribution in [-0.4, -0.2) is 46.6 Å². The van der Waals surface area contributed by atoms with Gasteiger partial charge in [-0.15, -0.1) is 0 Å². The molecular weight excluding hydrogens is 342 g/mol. The summed E-state index contributed by atoms with van der Waals surface area (Å²) >= 11 is 0. The number of nitrogens with one attached hydrogen (secondary N) is 3. The number of ether oxygens (including phenoxy) is 1. The van der Waals surface area contributed by atoms with E-state index < -0.39 is 16.1 Å². The Morgan fingerprint density at radius 1 is 1.28 bits per heavy atom. The lowest BCUT2D eigenvalue weighted by Crippen LogP contribution is -2.54. The van der Waals surface area contributed by atoms with Gasteiger partial charge in [0, 0.05) is 12.6 Å². The highest BCUT2D eigenvalue weighted by atomic mass is 32.2. The number of amides is 1. The van der Waals surface area contributed by atoms with Gasteiger partial charge in [0.15, 0.2) is 0 Å². The molecule has 0 aromatic heterocycles. The molecular formula is C17H27N3O4S. The molecule has 0 radical (unpaired) electrons. The van der Waals surface area contributed by atoms with Crippen LogP contribution in [0, 0.1) is 5.92 Å². The smallest absolute Gasteiger partial charge is 0.241 e. The first-order chi connectivity index (χ1) is 11.8. The molecule has 1 saturated heterocycles. The second-order valence-electron chi connectivity index (χ2n) is 6.57. The zero-order valence-electron chi connectivity index (χ0n) is 14.9. The lowest BCUT2D eigenvalue weighted by molar-refractivity contribution is -0.124. The van der Waals surface area contributed by atoms with Gasteiger partial charge in [0.05, 0.1) is 12.0 Å². The number of hydrogen-bond acceptors (Lipinski definition) is 5. The molecule has 140 valence electrons. The summed E-state index contributed by atoms with van der Waals surface area (Å²) in [6.45, 7) is 5.30. The van der Waals surface area contributed by atoms with Crippen LogP contribution in [0.5, 0.6) is 5.75 Å². The summed E-state index contributed by atoms with van der Waals surface area (Å²) in [6.07, 6.45) is 1.89. The quantitative estimate of drug-likeness (QED) is 0.663. The first-order valence-electron chi connectivity index (χ1n) is 8.51. The van der Waals surface area contributed by atoms with Gasteiger partial charge in [0.25, 0.3) is 0 Å². The predicted molar refractivity (Wildman–Crippen MR) is 96.0 cm³/mol. The molecule has 7 nitrogen and oxygen atoms in total. The van der Waals surface area contributed by atoms with Crippen LogP contribution in [0.15, 0.2) is 29.2 Å². The van der Waals surface area contributed by atoms with Crippen LogP contribution in [0.4, 0.5) is 0 Å². The highest BCUT2D eigenvalue weighted by Gasteiger charge is 2.30. The topological polar surface area (TPSA) is 96.5 Å². The first kappa shape index (κ1) is 19.7. The van der Waals surface area contributed by atoms with E-state index >= 15 is 0 Å². The number of sulfonamides is 1. The molecule has 0 saturated carbocycles. The SMILES string of the molecule is COc1ccc(S(=O)(=O)NC(C(=O)NC2CCCNC2)C(C)C)cc1. The summed E-state index contributed by atoms with van der Waals surface area (Å²) in [7, 11) is -2.28. The maximum absolute atomic E-state index is 12.6. The number of methoxy groups -OCH3 is 1. The van der Waals surface area contributed by atoms with Crippen molar-refractivity contribution >= 4 is 15.9 Å². The summed E-state index contributed by atoms with van der Waals surface area (Å²) in [5.74, 6) is 0.104. The van der Waals surface area contributed by atoms with Crippen molar-refractivity contribution in [1.82, 2.24) is 15.4 Å². The highest BCUT2D eigenvalue weighted by Crippen LogP contribution is 2.17. The maximum atomic E-state index is 12.6. The van der Waals surface area contributed by atoms with Crippen LogP contribution in [0.1, 0.15) is 26.7 Å². The molecule has 1 aromatic rings.